The molecule has 2 amide bonds. The van der Waals surface area contributed by atoms with Crippen LogP contribution in [0, 0.1) is 6.92 Å². The maximum absolute atomic E-state index is 13.9. The van der Waals surface area contributed by atoms with Crippen molar-refractivity contribution in [2.45, 2.75) is 51.0 Å². The molecule has 0 spiro atoms. The monoisotopic (exact) mass is 569 g/mol. The fourth-order valence-electron chi connectivity index (χ4n) is 4.24. The molecule has 0 heterocycles. The topological polar surface area (TPSA) is 86.8 Å². The van der Waals surface area contributed by atoms with E-state index in [4.69, 9.17) is 11.6 Å². The molecule has 0 saturated heterocycles. The molecule has 0 aliphatic heterocycles. The molecular formula is C30H36ClN3O4S. The van der Waals surface area contributed by atoms with E-state index in [2.05, 4.69) is 5.32 Å². The first-order chi connectivity index (χ1) is 18.7. The van der Waals surface area contributed by atoms with Crippen molar-refractivity contribution in [2.75, 3.05) is 23.9 Å². The average molecular weight is 570 g/mol. The summed E-state index contributed by atoms with van der Waals surface area (Å²) in [4.78, 5) is 28.6. The Balaban J connectivity index is 1.99. The van der Waals surface area contributed by atoms with Crippen LogP contribution in [0.4, 0.5) is 5.69 Å². The number of carbonyl (C=O) groups is 2. The zero-order valence-electron chi connectivity index (χ0n) is 22.6. The van der Waals surface area contributed by atoms with Gasteiger partial charge in [0.25, 0.3) is 10.0 Å². The van der Waals surface area contributed by atoms with Crippen molar-refractivity contribution in [3.63, 3.8) is 0 Å². The molecule has 0 saturated carbocycles. The number of amides is 2. The normalized spacial score (nSPS) is 12.0. The molecule has 3 aromatic rings. The van der Waals surface area contributed by atoms with E-state index in [0.717, 1.165) is 21.9 Å². The van der Waals surface area contributed by atoms with E-state index >= 15 is 0 Å². The predicted molar refractivity (Wildman–Crippen MR) is 156 cm³/mol. The molecule has 1 atom stereocenters. The molecule has 7 nitrogen and oxygen atoms in total. The Morgan fingerprint density at radius 1 is 0.923 bits per heavy atom. The molecule has 0 aliphatic rings. The van der Waals surface area contributed by atoms with Gasteiger partial charge in [-0.3, -0.25) is 13.9 Å². The summed E-state index contributed by atoms with van der Waals surface area (Å²) in [5.41, 5.74) is 2.33. The molecule has 1 N–H and O–H groups in total. The van der Waals surface area contributed by atoms with E-state index in [9.17, 15) is 18.0 Å². The second-order valence-corrected chi connectivity index (χ2v) is 11.6. The number of hydrogen-bond donors (Lipinski definition) is 1. The molecular weight excluding hydrogens is 534 g/mol. The summed E-state index contributed by atoms with van der Waals surface area (Å²) in [5.74, 6) is -0.703. The highest BCUT2D eigenvalue weighted by atomic mass is 35.5. The van der Waals surface area contributed by atoms with Crippen molar-refractivity contribution in [3.8, 4) is 0 Å². The van der Waals surface area contributed by atoms with Crippen molar-refractivity contribution in [3.05, 3.63) is 95.0 Å². The van der Waals surface area contributed by atoms with Crippen LogP contribution >= 0.6 is 11.6 Å². The fourth-order valence-corrected chi connectivity index (χ4v) is 5.78. The molecule has 39 heavy (non-hydrogen) atoms. The van der Waals surface area contributed by atoms with Gasteiger partial charge in [0, 0.05) is 18.1 Å². The third-order valence-electron chi connectivity index (χ3n) is 6.42. The Hall–Kier alpha value is -3.36. The Kier molecular flexibility index (Phi) is 10.9. The number of benzene rings is 3. The SMILES string of the molecule is CCCNC(=O)C(CC)N(CCc1ccccc1)C(=O)CN(c1ccc(C)cc1)S(=O)(=O)c1ccc(Cl)cc1. The molecule has 0 radical (unpaired) electrons. The van der Waals surface area contributed by atoms with Crippen LogP contribution < -0.4 is 9.62 Å². The molecule has 208 valence electrons. The molecule has 1 unspecified atom stereocenters. The van der Waals surface area contributed by atoms with Crippen molar-refractivity contribution >= 4 is 39.1 Å². The fraction of sp³-hybridized carbons (Fsp3) is 0.333. The van der Waals surface area contributed by atoms with Gasteiger partial charge in [-0.1, -0.05) is 73.5 Å². The highest BCUT2D eigenvalue weighted by molar-refractivity contribution is 7.92. The lowest BCUT2D eigenvalue weighted by Crippen LogP contribution is -2.53. The quantitative estimate of drug-likeness (QED) is 0.306. The molecule has 0 aromatic heterocycles. The number of sulfonamides is 1. The summed E-state index contributed by atoms with van der Waals surface area (Å²) >= 11 is 6.00. The number of nitrogens with one attached hydrogen (secondary N) is 1. The summed E-state index contributed by atoms with van der Waals surface area (Å²) in [6, 6.07) is 21.7. The Bertz CT molecular complexity index is 1330. The number of rotatable bonds is 13. The Morgan fingerprint density at radius 2 is 1.56 bits per heavy atom. The van der Waals surface area contributed by atoms with E-state index in [0.29, 0.717) is 30.1 Å². The van der Waals surface area contributed by atoms with Crippen molar-refractivity contribution in [1.29, 1.82) is 0 Å². The summed E-state index contributed by atoms with van der Waals surface area (Å²) in [5, 5.41) is 3.30. The minimum absolute atomic E-state index is 0.0174. The number of nitrogens with zero attached hydrogens (tertiary/aromatic N) is 2. The van der Waals surface area contributed by atoms with Crippen LogP contribution in [0.1, 0.15) is 37.8 Å². The van der Waals surface area contributed by atoms with Crippen LogP contribution in [0.2, 0.25) is 5.02 Å². The van der Waals surface area contributed by atoms with E-state index in [1.54, 1.807) is 24.3 Å². The zero-order valence-corrected chi connectivity index (χ0v) is 24.2. The number of carbonyl (C=O) groups excluding carboxylic acids is 2. The van der Waals surface area contributed by atoms with E-state index < -0.39 is 28.5 Å². The molecule has 0 aliphatic carbocycles. The Morgan fingerprint density at radius 3 is 2.15 bits per heavy atom. The van der Waals surface area contributed by atoms with Gasteiger partial charge in [-0.05, 0) is 68.1 Å². The highest BCUT2D eigenvalue weighted by Gasteiger charge is 2.33. The average Bonchev–Trinajstić information content (AvgIpc) is 2.93. The van der Waals surface area contributed by atoms with Crippen LogP contribution in [0.5, 0.6) is 0 Å². The van der Waals surface area contributed by atoms with Gasteiger partial charge in [0.2, 0.25) is 11.8 Å². The van der Waals surface area contributed by atoms with Gasteiger partial charge < -0.3 is 10.2 Å². The summed E-state index contributed by atoms with van der Waals surface area (Å²) < 4.78 is 28.7. The standard InChI is InChI=1S/C30H36ClN3O4S/c1-4-20-32-30(36)28(5-2)33(21-19-24-9-7-6-8-10-24)29(35)22-34(26-15-11-23(3)12-16-26)39(37,38)27-17-13-25(31)14-18-27/h6-18,28H,4-5,19-22H2,1-3H3,(H,32,36). The molecule has 3 rings (SSSR count). The summed E-state index contributed by atoms with van der Waals surface area (Å²) in [7, 11) is -4.12. The molecule has 0 fully saturated rings. The number of halogens is 1. The number of aryl methyl sites for hydroxylation is 1. The number of hydrogen-bond acceptors (Lipinski definition) is 4. The largest absolute Gasteiger partial charge is 0.354 e. The van der Waals surface area contributed by atoms with Crippen molar-refractivity contribution < 1.29 is 18.0 Å². The van der Waals surface area contributed by atoms with E-state index in [1.807, 2.05) is 51.1 Å². The lowest BCUT2D eigenvalue weighted by Gasteiger charge is -2.33. The van der Waals surface area contributed by atoms with E-state index in [-0.39, 0.29) is 17.3 Å². The van der Waals surface area contributed by atoms with Gasteiger partial charge >= 0.3 is 0 Å². The molecule has 0 bridgehead atoms. The summed E-state index contributed by atoms with van der Waals surface area (Å²) in [6.07, 6.45) is 1.68. The van der Waals surface area contributed by atoms with Gasteiger partial charge in [-0.15, -0.1) is 0 Å². The van der Waals surface area contributed by atoms with Gasteiger partial charge in [0.1, 0.15) is 12.6 Å². The minimum Gasteiger partial charge on any atom is -0.354 e. The third-order valence-corrected chi connectivity index (χ3v) is 8.46. The molecule has 3 aromatic carbocycles. The minimum atomic E-state index is -4.12. The first-order valence-electron chi connectivity index (χ1n) is 13.1. The van der Waals surface area contributed by atoms with Crippen LogP contribution in [0.3, 0.4) is 0 Å². The lowest BCUT2D eigenvalue weighted by molar-refractivity contribution is -0.139. The van der Waals surface area contributed by atoms with Crippen LogP contribution in [0.25, 0.3) is 0 Å². The van der Waals surface area contributed by atoms with Crippen molar-refractivity contribution in [1.82, 2.24) is 10.2 Å². The van der Waals surface area contributed by atoms with Gasteiger partial charge in [-0.2, -0.15) is 0 Å². The van der Waals surface area contributed by atoms with Gasteiger partial charge in [-0.25, -0.2) is 8.42 Å². The lowest BCUT2D eigenvalue weighted by atomic mass is 10.1. The maximum Gasteiger partial charge on any atom is 0.264 e. The second-order valence-electron chi connectivity index (χ2n) is 9.34. The maximum atomic E-state index is 13.9. The van der Waals surface area contributed by atoms with E-state index in [1.165, 1.54) is 29.2 Å². The van der Waals surface area contributed by atoms with Gasteiger partial charge in [0.15, 0.2) is 0 Å². The van der Waals surface area contributed by atoms with Crippen LogP contribution in [0.15, 0.2) is 83.8 Å². The van der Waals surface area contributed by atoms with Crippen LogP contribution in [-0.4, -0.2) is 50.8 Å². The third kappa shape index (κ3) is 8.07. The summed E-state index contributed by atoms with van der Waals surface area (Å²) in [6.45, 7) is 6.02. The smallest absolute Gasteiger partial charge is 0.264 e. The highest BCUT2D eigenvalue weighted by Crippen LogP contribution is 2.26. The van der Waals surface area contributed by atoms with Crippen LogP contribution in [-0.2, 0) is 26.0 Å². The van der Waals surface area contributed by atoms with Crippen molar-refractivity contribution in [2.24, 2.45) is 0 Å². The zero-order chi connectivity index (χ0) is 28.4. The first kappa shape index (κ1) is 30.2. The predicted octanol–water partition coefficient (Wildman–Crippen LogP) is 5.22. The Labute approximate surface area is 236 Å². The second kappa shape index (κ2) is 14.1. The molecule has 9 heteroatoms. The van der Waals surface area contributed by atoms with Gasteiger partial charge in [0.05, 0.1) is 10.6 Å². The number of anilines is 1. The first-order valence-corrected chi connectivity index (χ1v) is 14.9.